The molecule has 2 rings (SSSR count). The van der Waals surface area contributed by atoms with Crippen LogP contribution in [0.4, 0.5) is 0 Å². The summed E-state index contributed by atoms with van der Waals surface area (Å²) in [5, 5.41) is 26.2. The highest BCUT2D eigenvalue weighted by Gasteiger charge is 2.22. The summed E-state index contributed by atoms with van der Waals surface area (Å²) < 4.78 is 2.00. The molecule has 8 nitrogen and oxygen atoms in total. The molecule has 9 heteroatoms. The molecule has 29 heavy (non-hydrogen) atoms. The van der Waals surface area contributed by atoms with Crippen LogP contribution in [-0.2, 0) is 28.3 Å². The van der Waals surface area contributed by atoms with Gasteiger partial charge in [-0.1, -0.05) is 25.5 Å². The van der Waals surface area contributed by atoms with Crippen LogP contribution in [0, 0.1) is 0 Å². The number of imidazole rings is 1. The van der Waals surface area contributed by atoms with E-state index < -0.39 is 29.6 Å². The van der Waals surface area contributed by atoms with Crippen molar-refractivity contribution in [3.8, 4) is 0 Å². The molecular weight excluding hydrogens is 396 g/mol. The summed E-state index contributed by atoms with van der Waals surface area (Å²) in [5.41, 5.74) is 1.91. The summed E-state index contributed by atoms with van der Waals surface area (Å²) in [7, 11) is 0. The van der Waals surface area contributed by atoms with Gasteiger partial charge in [-0.15, -0.1) is 11.8 Å². The van der Waals surface area contributed by atoms with Crippen LogP contribution in [0.1, 0.15) is 53.6 Å². The summed E-state index contributed by atoms with van der Waals surface area (Å²) in [4.78, 5) is 37.7. The number of rotatable bonds is 12. The van der Waals surface area contributed by atoms with Crippen molar-refractivity contribution in [2.75, 3.05) is 0 Å². The van der Waals surface area contributed by atoms with Crippen molar-refractivity contribution < 1.29 is 29.7 Å². The van der Waals surface area contributed by atoms with E-state index in [4.69, 9.17) is 10.2 Å². The molecule has 0 fully saturated rings. The van der Waals surface area contributed by atoms with Crippen LogP contribution < -0.4 is 0 Å². The Morgan fingerprint density at radius 2 is 1.83 bits per heavy atom. The molecule has 3 N–H and O–H groups in total. The van der Waals surface area contributed by atoms with Crippen molar-refractivity contribution in [2.24, 2.45) is 0 Å². The Morgan fingerprint density at radius 1 is 1.14 bits per heavy atom. The third-order valence-electron chi connectivity index (χ3n) is 4.38. The minimum Gasteiger partial charge on any atom is -0.481 e. The van der Waals surface area contributed by atoms with E-state index in [1.165, 1.54) is 0 Å². The van der Waals surface area contributed by atoms with Crippen molar-refractivity contribution >= 4 is 29.7 Å². The molecule has 0 radical (unpaired) electrons. The molecular formula is C20H24N2O6S. The Balaban J connectivity index is 2.21. The Labute approximate surface area is 172 Å². The first-order chi connectivity index (χ1) is 13.8. The number of carboxylic acids is 3. The Morgan fingerprint density at radius 3 is 2.38 bits per heavy atom. The van der Waals surface area contributed by atoms with Crippen LogP contribution in [0.15, 0.2) is 30.5 Å². The predicted octanol–water partition coefficient (Wildman–Crippen LogP) is 3.13. The molecule has 0 bridgehead atoms. The molecule has 1 unspecified atom stereocenters. The first-order valence-electron chi connectivity index (χ1n) is 9.23. The number of aryl methyl sites for hydroxylation is 1. The second kappa shape index (κ2) is 10.7. The van der Waals surface area contributed by atoms with Gasteiger partial charge in [0.25, 0.3) is 0 Å². The standard InChI is InChI=1S/C20H24N2O6S/c1-2-3-4-17-21-10-15(12-29-16(20(27)28)9-18(23)24)22(17)11-13-5-7-14(8-6-13)19(25)26/h5-8,10,16H,2-4,9,11-12H2,1H3,(H,23,24)(H,25,26)(H,27,28). The van der Waals surface area contributed by atoms with Gasteiger partial charge in [0.2, 0.25) is 0 Å². The van der Waals surface area contributed by atoms with E-state index in [1.54, 1.807) is 30.5 Å². The van der Waals surface area contributed by atoms with Gasteiger partial charge < -0.3 is 19.9 Å². The van der Waals surface area contributed by atoms with E-state index >= 15 is 0 Å². The SMILES string of the molecule is CCCCc1ncc(CSC(CC(=O)O)C(=O)O)n1Cc1ccc(C(=O)O)cc1. The first kappa shape index (κ1) is 22.5. The Kier molecular flexibility index (Phi) is 8.26. The maximum Gasteiger partial charge on any atom is 0.335 e. The molecule has 0 aliphatic rings. The summed E-state index contributed by atoms with van der Waals surface area (Å²) in [5.74, 6) is -2.11. The third-order valence-corrected chi connectivity index (χ3v) is 5.62. The fourth-order valence-corrected chi connectivity index (χ4v) is 3.80. The fraction of sp³-hybridized carbons (Fsp3) is 0.400. The number of thioether (sulfide) groups is 1. The highest BCUT2D eigenvalue weighted by Crippen LogP contribution is 2.23. The van der Waals surface area contributed by atoms with E-state index in [9.17, 15) is 19.5 Å². The number of carbonyl (C=O) groups is 3. The van der Waals surface area contributed by atoms with Crippen LogP contribution >= 0.6 is 11.8 Å². The smallest absolute Gasteiger partial charge is 0.335 e. The number of carboxylic acid groups (broad SMARTS) is 3. The zero-order valence-corrected chi connectivity index (χ0v) is 16.9. The second-order valence-electron chi connectivity index (χ2n) is 6.59. The minimum atomic E-state index is -1.15. The number of aliphatic carboxylic acids is 2. The Hall–Kier alpha value is -2.81. The molecule has 1 aromatic heterocycles. The fourth-order valence-electron chi connectivity index (χ4n) is 2.79. The lowest BCUT2D eigenvalue weighted by Crippen LogP contribution is -2.21. The molecule has 2 aromatic rings. The van der Waals surface area contributed by atoms with E-state index in [0.29, 0.717) is 12.3 Å². The molecule has 0 aliphatic heterocycles. The quantitative estimate of drug-likeness (QED) is 0.477. The van der Waals surface area contributed by atoms with Crippen molar-refractivity contribution in [3.05, 3.63) is 53.1 Å². The lowest BCUT2D eigenvalue weighted by atomic mass is 10.1. The van der Waals surface area contributed by atoms with Crippen LogP contribution in [0.3, 0.4) is 0 Å². The molecule has 0 amide bonds. The average molecular weight is 420 g/mol. The van der Waals surface area contributed by atoms with E-state index in [1.807, 2.05) is 4.57 Å². The summed E-state index contributed by atoms with van der Waals surface area (Å²) in [6, 6.07) is 6.58. The van der Waals surface area contributed by atoms with Gasteiger partial charge in [-0.2, -0.15) is 0 Å². The van der Waals surface area contributed by atoms with E-state index in [-0.39, 0.29) is 5.56 Å². The predicted molar refractivity (Wildman–Crippen MR) is 108 cm³/mol. The van der Waals surface area contributed by atoms with Crippen molar-refractivity contribution in [3.63, 3.8) is 0 Å². The Bertz CT molecular complexity index is 862. The summed E-state index contributed by atoms with van der Waals surface area (Å²) in [6.45, 7) is 2.56. The molecule has 1 aromatic carbocycles. The summed E-state index contributed by atoms with van der Waals surface area (Å²) in [6.07, 6.45) is 3.98. The zero-order valence-electron chi connectivity index (χ0n) is 16.1. The van der Waals surface area contributed by atoms with E-state index in [0.717, 1.165) is 48.1 Å². The zero-order chi connectivity index (χ0) is 21.4. The number of nitrogens with zero attached hydrogens (tertiary/aromatic N) is 2. The molecule has 0 spiro atoms. The average Bonchev–Trinajstić information content (AvgIpc) is 3.04. The lowest BCUT2D eigenvalue weighted by Gasteiger charge is -2.14. The highest BCUT2D eigenvalue weighted by molar-refractivity contribution is 7.99. The first-order valence-corrected chi connectivity index (χ1v) is 10.3. The van der Waals surface area contributed by atoms with E-state index in [2.05, 4.69) is 11.9 Å². The molecule has 1 atom stereocenters. The topological polar surface area (TPSA) is 130 Å². The third kappa shape index (κ3) is 6.63. The van der Waals surface area contributed by atoms with Gasteiger partial charge in [0.1, 0.15) is 11.1 Å². The molecule has 156 valence electrons. The monoisotopic (exact) mass is 420 g/mol. The minimum absolute atomic E-state index is 0.208. The van der Waals surface area contributed by atoms with Crippen LogP contribution in [0.5, 0.6) is 0 Å². The van der Waals surface area contributed by atoms with Gasteiger partial charge in [-0.3, -0.25) is 9.59 Å². The number of benzene rings is 1. The molecule has 0 aliphatic carbocycles. The van der Waals surface area contributed by atoms with Gasteiger partial charge in [-0.05, 0) is 24.1 Å². The van der Waals surface area contributed by atoms with Crippen molar-refractivity contribution in [2.45, 2.75) is 50.2 Å². The molecule has 0 saturated carbocycles. The summed E-state index contributed by atoms with van der Waals surface area (Å²) >= 11 is 1.06. The maximum atomic E-state index is 11.3. The van der Waals surface area contributed by atoms with Crippen LogP contribution in [-0.4, -0.2) is 48.0 Å². The molecule has 1 heterocycles. The van der Waals surface area contributed by atoms with Crippen molar-refractivity contribution in [1.29, 1.82) is 0 Å². The van der Waals surface area contributed by atoms with Crippen LogP contribution in [0.2, 0.25) is 0 Å². The normalized spacial score (nSPS) is 11.9. The number of unbranched alkanes of at least 4 members (excludes halogenated alkanes) is 1. The number of aromatic nitrogens is 2. The number of aromatic carboxylic acids is 1. The van der Waals surface area contributed by atoms with Gasteiger partial charge >= 0.3 is 17.9 Å². The largest absolute Gasteiger partial charge is 0.481 e. The second-order valence-corrected chi connectivity index (χ2v) is 7.78. The van der Waals surface area contributed by atoms with Gasteiger partial charge in [0.15, 0.2) is 0 Å². The van der Waals surface area contributed by atoms with Gasteiger partial charge in [0, 0.05) is 30.6 Å². The number of hydrogen-bond acceptors (Lipinski definition) is 5. The van der Waals surface area contributed by atoms with Crippen molar-refractivity contribution in [1.82, 2.24) is 9.55 Å². The molecule has 0 saturated heterocycles. The maximum absolute atomic E-state index is 11.3. The highest BCUT2D eigenvalue weighted by atomic mass is 32.2. The number of hydrogen-bond donors (Lipinski definition) is 3. The van der Waals surface area contributed by atoms with Gasteiger partial charge in [0.05, 0.1) is 12.0 Å². The lowest BCUT2D eigenvalue weighted by molar-refractivity contribution is -0.142. The van der Waals surface area contributed by atoms with Gasteiger partial charge in [-0.25, -0.2) is 9.78 Å². The van der Waals surface area contributed by atoms with Crippen LogP contribution in [0.25, 0.3) is 0 Å².